The molecule has 0 amide bonds. The molecular weight excluding hydrogens is 224 g/mol. The molecule has 0 bridgehead atoms. The van der Waals surface area contributed by atoms with Crippen molar-refractivity contribution in [3.05, 3.63) is 47.5 Å². The van der Waals surface area contributed by atoms with Crippen LogP contribution in [-0.4, -0.2) is 16.6 Å². The molecule has 0 radical (unpaired) electrons. The molecule has 0 saturated carbocycles. The summed E-state index contributed by atoms with van der Waals surface area (Å²) in [6, 6.07) is 8.04. The van der Waals surface area contributed by atoms with Gasteiger partial charge in [-0.1, -0.05) is 0 Å². The van der Waals surface area contributed by atoms with Crippen LogP contribution >= 0.6 is 0 Å². The van der Waals surface area contributed by atoms with Crippen LogP contribution in [0.4, 0.5) is 5.69 Å². The first kappa shape index (κ1) is 12.2. The first-order valence-corrected chi connectivity index (χ1v) is 5.80. The fourth-order valence-electron chi connectivity index (χ4n) is 1.86. The van der Waals surface area contributed by atoms with Crippen molar-refractivity contribution < 1.29 is 0 Å². The zero-order chi connectivity index (χ0) is 13.1. The molecular formula is C14H16N4. The predicted molar refractivity (Wildman–Crippen MR) is 71.2 cm³/mol. The number of aromatic nitrogens is 2. The minimum absolute atomic E-state index is 0.726. The maximum absolute atomic E-state index is 8.91. The zero-order valence-corrected chi connectivity index (χ0v) is 10.9. The lowest BCUT2D eigenvalue weighted by Gasteiger charge is -2.19. The quantitative estimate of drug-likeness (QED) is 0.826. The number of hydrogen-bond acceptors (Lipinski definition) is 3. The van der Waals surface area contributed by atoms with Crippen molar-refractivity contribution in [2.24, 2.45) is 7.05 Å². The summed E-state index contributed by atoms with van der Waals surface area (Å²) < 4.78 is 2.01. The molecule has 4 heteroatoms. The normalized spacial score (nSPS) is 10.1. The van der Waals surface area contributed by atoms with Gasteiger partial charge >= 0.3 is 0 Å². The number of anilines is 1. The van der Waals surface area contributed by atoms with Crippen molar-refractivity contribution in [3.8, 4) is 6.07 Å². The van der Waals surface area contributed by atoms with E-state index >= 15 is 0 Å². The van der Waals surface area contributed by atoms with Gasteiger partial charge < -0.3 is 9.47 Å². The average molecular weight is 240 g/mol. The fourth-order valence-corrected chi connectivity index (χ4v) is 1.86. The number of nitriles is 1. The molecule has 2 aromatic rings. The lowest BCUT2D eigenvalue weighted by molar-refractivity contribution is 0.761. The maximum atomic E-state index is 8.91. The predicted octanol–water partition coefficient (Wildman–Crippen LogP) is 2.24. The third-order valence-corrected chi connectivity index (χ3v) is 3.07. The van der Waals surface area contributed by atoms with Crippen LogP contribution < -0.4 is 4.90 Å². The summed E-state index contributed by atoms with van der Waals surface area (Å²) >= 11 is 0. The number of aryl methyl sites for hydroxylation is 2. The number of rotatable bonds is 3. The van der Waals surface area contributed by atoms with E-state index in [0.29, 0.717) is 0 Å². The van der Waals surface area contributed by atoms with Gasteiger partial charge in [-0.3, -0.25) is 0 Å². The van der Waals surface area contributed by atoms with Crippen LogP contribution in [0, 0.1) is 18.3 Å². The molecule has 0 N–H and O–H groups in total. The van der Waals surface area contributed by atoms with E-state index in [9.17, 15) is 0 Å². The monoisotopic (exact) mass is 240 g/mol. The van der Waals surface area contributed by atoms with Crippen molar-refractivity contribution in [3.63, 3.8) is 0 Å². The summed E-state index contributed by atoms with van der Waals surface area (Å²) in [5.41, 5.74) is 2.82. The summed E-state index contributed by atoms with van der Waals surface area (Å²) in [7, 11) is 4.01. The van der Waals surface area contributed by atoms with E-state index in [2.05, 4.69) is 16.0 Å². The minimum atomic E-state index is 0.726. The third-order valence-electron chi connectivity index (χ3n) is 3.07. The highest BCUT2D eigenvalue weighted by Gasteiger charge is 2.07. The Morgan fingerprint density at radius 2 is 2.22 bits per heavy atom. The van der Waals surface area contributed by atoms with E-state index in [1.165, 1.54) is 0 Å². The highest BCUT2D eigenvalue weighted by Crippen LogP contribution is 2.19. The van der Waals surface area contributed by atoms with Gasteiger partial charge in [0.2, 0.25) is 0 Å². The molecule has 1 aromatic heterocycles. The molecule has 0 atom stereocenters. The summed E-state index contributed by atoms with van der Waals surface area (Å²) in [5.74, 6) is 1.01. The fraction of sp³-hybridized carbons (Fsp3) is 0.286. The maximum Gasteiger partial charge on any atom is 0.127 e. The zero-order valence-electron chi connectivity index (χ0n) is 10.9. The Hall–Kier alpha value is -2.28. The number of nitrogens with zero attached hydrogens (tertiary/aromatic N) is 4. The Labute approximate surface area is 107 Å². The van der Waals surface area contributed by atoms with Gasteiger partial charge in [-0.25, -0.2) is 4.98 Å². The molecule has 18 heavy (non-hydrogen) atoms. The van der Waals surface area contributed by atoms with E-state index in [0.717, 1.165) is 29.2 Å². The molecule has 0 aliphatic carbocycles. The van der Waals surface area contributed by atoms with Gasteiger partial charge in [0.25, 0.3) is 0 Å². The van der Waals surface area contributed by atoms with Crippen LogP contribution in [0.25, 0.3) is 0 Å². The van der Waals surface area contributed by atoms with Gasteiger partial charge in [0.15, 0.2) is 0 Å². The summed E-state index contributed by atoms with van der Waals surface area (Å²) in [4.78, 5) is 6.43. The summed E-state index contributed by atoms with van der Waals surface area (Å²) in [5, 5.41) is 8.91. The van der Waals surface area contributed by atoms with Crippen LogP contribution in [-0.2, 0) is 13.6 Å². The van der Waals surface area contributed by atoms with E-state index in [-0.39, 0.29) is 0 Å². The van der Waals surface area contributed by atoms with Crippen molar-refractivity contribution in [2.45, 2.75) is 13.5 Å². The summed E-state index contributed by atoms with van der Waals surface area (Å²) in [6.07, 6.45) is 3.74. The Bertz CT molecular complexity index is 592. The molecule has 0 unspecified atom stereocenters. The molecule has 1 aromatic carbocycles. The van der Waals surface area contributed by atoms with Gasteiger partial charge in [0.1, 0.15) is 5.82 Å². The molecule has 1 heterocycles. The molecule has 92 valence electrons. The number of imidazole rings is 1. The van der Waals surface area contributed by atoms with Crippen LogP contribution in [0.2, 0.25) is 0 Å². The van der Waals surface area contributed by atoms with E-state index < -0.39 is 0 Å². The molecule has 0 aliphatic heterocycles. The SMILES string of the molecule is Cc1cc(N(C)Cc2nccn2C)ccc1C#N. The Balaban J connectivity index is 2.19. The van der Waals surface area contributed by atoms with Gasteiger partial charge in [-0.2, -0.15) is 5.26 Å². The Morgan fingerprint density at radius 1 is 1.44 bits per heavy atom. The molecule has 2 rings (SSSR count). The van der Waals surface area contributed by atoms with Crippen molar-refractivity contribution >= 4 is 5.69 Å². The van der Waals surface area contributed by atoms with Crippen LogP contribution in [0.15, 0.2) is 30.6 Å². The van der Waals surface area contributed by atoms with Crippen molar-refractivity contribution in [1.82, 2.24) is 9.55 Å². The third kappa shape index (κ3) is 2.35. The van der Waals surface area contributed by atoms with E-state index in [1.807, 2.05) is 50.0 Å². The van der Waals surface area contributed by atoms with E-state index in [4.69, 9.17) is 5.26 Å². The smallest absolute Gasteiger partial charge is 0.127 e. The van der Waals surface area contributed by atoms with Gasteiger partial charge in [0.05, 0.1) is 18.2 Å². The van der Waals surface area contributed by atoms with Crippen molar-refractivity contribution in [2.75, 3.05) is 11.9 Å². The standard InChI is InChI=1S/C14H16N4/c1-11-8-13(5-4-12(11)9-15)18(3)10-14-16-6-7-17(14)2/h4-8H,10H2,1-3H3. The minimum Gasteiger partial charge on any atom is -0.367 e. The van der Waals surface area contributed by atoms with Crippen LogP contribution in [0.1, 0.15) is 17.0 Å². The first-order valence-electron chi connectivity index (χ1n) is 5.80. The van der Waals surface area contributed by atoms with Gasteiger partial charge in [0, 0.05) is 32.2 Å². The van der Waals surface area contributed by atoms with Crippen LogP contribution in [0.5, 0.6) is 0 Å². The Morgan fingerprint density at radius 3 is 2.78 bits per heavy atom. The highest BCUT2D eigenvalue weighted by atomic mass is 15.2. The molecule has 0 saturated heterocycles. The highest BCUT2D eigenvalue weighted by molar-refractivity contribution is 5.53. The summed E-state index contributed by atoms with van der Waals surface area (Å²) in [6.45, 7) is 2.70. The second-order valence-corrected chi connectivity index (χ2v) is 4.42. The molecule has 0 spiro atoms. The second-order valence-electron chi connectivity index (χ2n) is 4.42. The number of hydrogen-bond donors (Lipinski definition) is 0. The number of benzene rings is 1. The lowest BCUT2D eigenvalue weighted by Crippen LogP contribution is -2.19. The largest absolute Gasteiger partial charge is 0.367 e. The topological polar surface area (TPSA) is 44.9 Å². The van der Waals surface area contributed by atoms with Gasteiger partial charge in [-0.05, 0) is 30.7 Å². The van der Waals surface area contributed by atoms with Crippen molar-refractivity contribution in [1.29, 1.82) is 5.26 Å². The van der Waals surface area contributed by atoms with E-state index in [1.54, 1.807) is 6.20 Å². The molecule has 0 aliphatic rings. The second kappa shape index (κ2) is 4.92. The molecule has 4 nitrogen and oxygen atoms in total. The Kier molecular flexibility index (Phi) is 3.33. The molecule has 0 fully saturated rings. The lowest BCUT2D eigenvalue weighted by atomic mass is 10.1. The average Bonchev–Trinajstić information content (AvgIpc) is 2.75. The van der Waals surface area contributed by atoms with Gasteiger partial charge in [-0.15, -0.1) is 0 Å². The first-order chi connectivity index (χ1) is 8.61. The van der Waals surface area contributed by atoms with Crippen LogP contribution in [0.3, 0.4) is 0 Å².